The van der Waals surface area contributed by atoms with Crippen molar-refractivity contribution in [3.63, 3.8) is 0 Å². The number of anilines is 1. The number of carbonyl (C=O) groups excluding carboxylic acids is 1. The first kappa shape index (κ1) is 15.6. The fraction of sp³-hybridized carbons (Fsp3) is 0.200. The van der Waals surface area contributed by atoms with E-state index < -0.39 is 6.09 Å². The maximum atomic E-state index is 12.4. The van der Waals surface area contributed by atoms with Gasteiger partial charge in [0.1, 0.15) is 6.10 Å². The van der Waals surface area contributed by atoms with Gasteiger partial charge in [-0.1, -0.05) is 42.5 Å². The van der Waals surface area contributed by atoms with Gasteiger partial charge in [0, 0.05) is 42.2 Å². The lowest BCUT2D eigenvalue weighted by molar-refractivity contribution is 0.112. The van der Waals surface area contributed by atoms with Crippen molar-refractivity contribution >= 4 is 22.6 Å². The van der Waals surface area contributed by atoms with E-state index >= 15 is 0 Å². The summed E-state index contributed by atoms with van der Waals surface area (Å²) in [4.78, 5) is 16.5. The second kappa shape index (κ2) is 6.91. The van der Waals surface area contributed by atoms with Crippen LogP contribution < -0.4 is 10.6 Å². The molecule has 126 valence electrons. The van der Waals surface area contributed by atoms with Gasteiger partial charge in [0.15, 0.2) is 0 Å². The van der Waals surface area contributed by atoms with Crippen LogP contribution in [0.25, 0.3) is 10.8 Å². The molecule has 2 heterocycles. The van der Waals surface area contributed by atoms with Gasteiger partial charge in [0.25, 0.3) is 0 Å². The number of carbonyl (C=O) groups is 1. The molecule has 2 aromatic carbocycles. The maximum absolute atomic E-state index is 12.4. The lowest BCUT2D eigenvalue weighted by atomic mass is 9.96. The van der Waals surface area contributed by atoms with Crippen LogP contribution in [0.15, 0.2) is 67.0 Å². The van der Waals surface area contributed by atoms with Crippen molar-refractivity contribution < 1.29 is 9.53 Å². The molecule has 3 aromatic rings. The van der Waals surface area contributed by atoms with Crippen molar-refractivity contribution in [3.05, 3.63) is 72.6 Å². The SMILES string of the molecule is O=C(Nc1cccc2cnccc12)O[C@H]1CNC[C@@H]1c1ccccc1. The predicted octanol–water partition coefficient (Wildman–Crippen LogP) is 3.54. The standard InChI is InChI=1S/C20H19N3O2/c24-20(23-18-8-4-7-15-11-21-10-9-16(15)18)25-19-13-22-12-17(19)14-5-2-1-3-6-14/h1-11,17,19,22H,12-13H2,(H,23,24)/t17-,19+/m1/s1. The Morgan fingerprint density at radius 1 is 1.08 bits per heavy atom. The van der Waals surface area contributed by atoms with Gasteiger partial charge in [-0.3, -0.25) is 10.3 Å². The minimum Gasteiger partial charge on any atom is -0.444 e. The number of ether oxygens (including phenoxy) is 1. The van der Waals surface area contributed by atoms with Crippen LogP contribution in [0.4, 0.5) is 10.5 Å². The number of fused-ring (bicyclic) bond motifs is 1. The molecule has 0 aliphatic carbocycles. The molecule has 2 atom stereocenters. The third kappa shape index (κ3) is 3.32. The molecule has 0 saturated carbocycles. The van der Waals surface area contributed by atoms with Crippen molar-refractivity contribution in [3.8, 4) is 0 Å². The molecular formula is C20H19N3O2. The molecule has 4 rings (SSSR count). The first-order valence-electron chi connectivity index (χ1n) is 8.37. The van der Waals surface area contributed by atoms with Crippen LogP contribution in [0, 0.1) is 0 Å². The molecule has 1 aromatic heterocycles. The predicted molar refractivity (Wildman–Crippen MR) is 97.7 cm³/mol. The van der Waals surface area contributed by atoms with Gasteiger partial charge in [-0.2, -0.15) is 0 Å². The minimum atomic E-state index is -0.432. The van der Waals surface area contributed by atoms with Crippen LogP contribution >= 0.6 is 0 Å². The number of hydrogen-bond donors (Lipinski definition) is 2. The number of benzene rings is 2. The second-order valence-electron chi connectivity index (χ2n) is 6.15. The van der Waals surface area contributed by atoms with Crippen molar-refractivity contribution in [1.82, 2.24) is 10.3 Å². The highest BCUT2D eigenvalue weighted by atomic mass is 16.6. The van der Waals surface area contributed by atoms with Crippen LogP contribution in [0.1, 0.15) is 11.5 Å². The highest BCUT2D eigenvalue weighted by Gasteiger charge is 2.31. The number of nitrogens with one attached hydrogen (secondary N) is 2. The summed E-state index contributed by atoms with van der Waals surface area (Å²) >= 11 is 0. The largest absolute Gasteiger partial charge is 0.444 e. The Morgan fingerprint density at radius 2 is 1.96 bits per heavy atom. The van der Waals surface area contributed by atoms with E-state index in [0.717, 1.165) is 23.0 Å². The Hall–Kier alpha value is -2.92. The van der Waals surface area contributed by atoms with Gasteiger partial charge in [-0.15, -0.1) is 0 Å². The summed E-state index contributed by atoms with van der Waals surface area (Å²) in [7, 11) is 0. The van der Waals surface area contributed by atoms with Crippen molar-refractivity contribution in [2.24, 2.45) is 0 Å². The van der Waals surface area contributed by atoms with E-state index in [1.807, 2.05) is 42.5 Å². The molecule has 1 aliphatic rings. The molecule has 0 spiro atoms. The minimum absolute atomic E-state index is 0.170. The summed E-state index contributed by atoms with van der Waals surface area (Å²) in [6.07, 6.45) is 2.88. The summed E-state index contributed by atoms with van der Waals surface area (Å²) < 4.78 is 5.70. The molecule has 1 fully saturated rings. The third-order valence-electron chi connectivity index (χ3n) is 4.56. The number of aromatic nitrogens is 1. The zero-order chi connectivity index (χ0) is 17.1. The van der Waals surface area contributed by atoms with E-state index in [2.05, 4.69) is 27.8 Å². The molecule has 1 saturated heterocycles. The lowest BCUT2D eigenvalue weighted by Crippen LogP contribution is -2.27. The fourth-order valence-electron chi connectivity index (χ4n) is 3.32. The molecule has 5 nitrogen and oxygen atoms in total. The number of hydrogen-bond acceptors (Lipinski definition) is 4. The Bertz CT molecular complexity index is 877. The van der Waals surface area contributed by atoms with Crippen LogP contribution in [-0.2, 0) is 4.74 Å². The summed E-state index contributed by atoms with van der Waals surface area (Å²) in [6, 6.07) is 17.8. The smallest absolute Gasteiger partial charge is 0.411 e. The normalized spacial score (nSPS) is 19.7. The monoisotopic (exact) mass is 333 g/mol. The van der Waals surface area contributed by atoms with Gasteiger partial charge in [0.05, 0.1) is 5.69 Å². The van der Waals surface area contributed by atoms with E-state index in [1.54, 1.807) is 12.4 Å². The average Bonchev–Trinajstić information content (AvgIpc) is 3.11. The van der Waals surface area contributed by atoms with Gasteiger partial charge in [-0.05, 0) is 17.7 Å². The zero-order valence-electron chi connectivity index (χ0n) is 13.7. The molecule has 0 radical (unpaired) electrons. The van der Waals surface area contributed by atoms with Crippen molar-refractivity contribution in [2.45, 2.75) is 12.0 Å². The highest BCUT2D eigenvalue weighted by molar-refractivity contribution is 5.99. The van der Waals surface area contributed by atoms with Gasteiger partial charge >= 0.3 is 6.09 Å². The summed E-state index contributed by atoms with van der Waals surface area (Å²) in [5, 5.41) is 8.09. The molecular weight excluding hydrogens is 314 g/mol. The van der Waals surface area contributed by atoms with E-state index in [4.69, 9.17) is 4.74 Å². The first-order chi connectivity index (χ1) is 12.3. The molecule has 2 N–H and O–H groups in total. The highest BCUT2D eigenvalue weighted by Crippen LogP contribution is 2.26. The van der Waals surface area contributed by atoms with E-state index in [-0.39, 0.29) is 12.0 Å². The van der Waals surface area contributed by atoms with Crippen LogP contribution in [-0.4, -0.2) is 30.3 Å². The van der Waals surface area contributed by atoms with E-state index in [0.29, 0.717) is 6.54 Å². The summed E-state index contributed by atoms with van der Waals surface area (Å²) in [6.45, 7) is 1.47. The first-order valence-corrected chi connectivity index (χ1v) is 8.37. The van der Waals surface area contributed by atoms with Gasteiger partial charge in [0.2, 0.25) is 0 Å². The van der Waals surface area contributed by atoms with E-state index in [1.165, 1.54) is 5.56 Å². The molecule has 1 amide bonds. The summed E-state index contributed by atoms with van der Waals surface area (Å²) in [5.74, 6) is 0.170. The van der Waals surface area contributed by atoms with Crippen LogP contribution in [0.3, 0.4) is 0 Å². The third-order valence-corrected chi connectivity index (χ3v) is 4.56. The zero-order valence-corrected chi connectivity index (χ0v) is 13.7. The van der Waals surface area contributed by atoms with Crippen molar-refractivity contribution in [1.29, 1.82) is 0 Å². The molecule has 25 heavy (non-hydrogen) atoms. The van der Waals surface area contributed by atoms with Crippen LogP contribution in [0.2, 0.25) is 0 Å². The van der Waals surface area contributed by atoms with Crippen molar-refractivity contribution in [2.75, 3.05) is 18.4 Å². The molecule has 1 aliphatic heterocycles. The van der Waals surface area contributed by atoms with Gasteiger partial charge < -0.3 is 10.1 Å². The lowest BCUT2D eigenvalue weighted by Gasteiger charge is -2.20. The number of nitrogens with zero attached hydrogens (tertiary/aromatic N) is 1. The number of amides is 1. The topological polar surface area (TPSA) is 63.2 Å². The molecule has 0 bridgehead atoms. The quantitative estimate of drug-likeness (QED) is 0.769. The average molecular weight is 333 g/mol. The Kier molecular flexibility index (Phi) is 4.31. The molecule has 0 unspecified atom stereocenters. The maximum Gasteiger partial charge on any atom is 0.411 e. The van der Waals surface area contributed by atoms with Crippen LogP contribution in [0.5, 0.6) is 0 Å². The van der Waals surface area contributed by atoms with E-state index in [9.17, 15) is 4.79 Å². The molecule has 5 heteroatoms. The summed E-state index contributed by atoms with van der Waals surface area (Å²) in [5.41, 5.74) is 1.91. The van der Waals surface area contributed by atoms with Gasteiger partial charge in [-0.25, -0.2) is 4.79 Å². The second-order valence-corrected chi connectivity index (χ2v) is 6.15. The fourth-order valence-corrected chi connectivity index (χ4v) is 3.32. The number of rotatable bonds is 3. The Morgan fingerprint density at radius 3 is 2.84 bits per heavy atom. The Labute approximate surface area is 146 Å². The number of pyridine rings is 1. The Balaban J connectivity index is 1.48.